The van der Waals surface area contributed by atoms with Crippen LogP contribution in [0.3, 0.4) is 0 Å². The standard InChI is InChI=1S/C30H32N4O6S/c31-16-21-6-2-3-7-22(21)20-10-8-19(9-11-20)17-41-18-24(33)27(36)30(14-4-1-5-15-30)26(29(39)40)34-25(35)13-12-23(32)28(37)38/h1-11,14,23-24,26H,12-13,15,17-18,32-33H2,(H,34,35)(H,37,38)(H,39,40)/t23-,24-,26-,30?/m0/s1. The molecule has 4 atom stereocenters. The Morgan fingerprint density at radius 1 is 1.00 bits per heavy atom. The third kappa shape index (κ3) is 7.91. The average molecular weight is 577 g/mol. The van der Waals surface area contributed by atoms with Gasteiger partial charge in [-0.3, -0.25) is 14.4 Å². The van der Waals surface area contributed by atoms with Crippen molar-refractivity contribution in [3.63, 3.8) is 0 Å². The first-order valence-corrected chi connectivity index (χ1v) is 14.1. The highest BCUT2D eigenvalue weighted by molar-refractivity contribution is 7.98. The van der Waals surface area contributed by atoms with E-state index in [4.69, 9.17) is 16.6 Å². The van der Waals surface area contributed by atoms with E-state index in [1.165, 1.54) is 17.8 Å². The molecule has 7 N–H and O–H groups in total. The molecular formula is C30H32N4O6S. The lowest BCUT2D eigenvalue weighted by molar-refractivity contribution is -0.149. The Hall–Kier alpha value is -4.24. The molecule has 2 aromatic carbocycles. The summed E-state index contributed by atoms with van der Waals surface area (Å²) in [7, 11) is 0. The van der Waals surface area contributed by atoms with E-state index in [1.54, 1.807) is 24.3 Å². The lowest BCUT2D eigenvalue weighted by atomic mass is 9.70. The van der Waals surface area contributed by atoms with E-state index < -0.39 is 47.2 Å². The smallest absolute Gasteiger partial charge is 0.327 e. The van der Waals surface area contributed by atoms with Crippen LogP contribution in [0, 0.1) is 16.7 Å². The maximum atomic E-state index is 13.6. The summed E-state index contributed by atoms with van der Waals surface area (Å²) in [6.07, 6.45) is 5.85. The number of nitrogens with two attached hydrogens (primary N) is 2. The number of benzene rings is 2. The number of carbonyl (C=O) groups is 4. The van der Waals surface area contributed by atoms with Crippen LogP contribution in [-0.2, 0) is 24.9 Å². The summed E-state index contributed by atoms with van der Waals surface area (Å²) < 4.78 is 0. The van der Waals surface area contributed by atoms with E-state index in [1.807, 2.05) is 42.5 Å². The Morgan fingerprint density at radius 2 is 1.71 bits per heavy atom. The number of thioether (sulfide) groups is 1. The van der Waals surface area contributed by atoms with E-state index in [-0.39, 0.29) is 25.0 Å². The second-order valence-electron chi connectivity index (χ2n) is 9.69. The van der Waals surface area contributed by atoms with Crippen molar-refractivity contribution >= 4 is 35.4 Å². The number of nitrogens with one attached hydrogen (secondary N) is 1. The summed E-state index contributed by atoms with van der Waals surface area (Å²) >= 11 is 1.42. The van der Waals surface area contributed by atoms with Gasteiger partial charge < -0.3 is 27.0 Å². The van der Waals surface area contributed by atoms with Gasteiger partial charge in [0, 0.05) is 17.9 Å². The summed E-state index contributed by atoms with van der Waals surface area (Å²) in [5.74, 6) is -3.18. The first kappa shape index (κ1) is 31.3. The minimum atomic E-state index is -1.61. The van der Waals surface area contributed by atoms with Crippen molar-refractivity contribution in [1.82, 2.24) is 5.32 Å². The van der Waals surface area contributed by atoms with Crippen molar-refractivity contribution in [2.24, 2.45) is 16.9 Å². The van der Waals surface area contributed by atoms with Crippen LogP contribution in [0.1, 0.15) is 30.4 Å². The predicted molar refractivity (Wildman–Crippen MR) is 155 cm³/mol. The first-order chi connectivity index (χ1) is 19.6. The van der Waals surface area contributed by atoms with E-state index in [0.29, 0.717) is 11.3 Å². The molecule has 11 heteroatoms. The molecule has 0 aliphatic heterocycles. The number of aliphatic carboxylic acids is 2. The number of Topliss-reactive ketones (excluding diaryl/α,β-unsaturated/α-hetero) is 1. The van der Waals surface area contributed by atoms with Gasteiger partial charge in [0.1, 0.15) is 12.1 Å². The number of amides is 1. The molecule has 0 aromatic heterocycles. The highest BCUT2D eigenvalue weighted by Gasteiger charge is 2.49. The number of allylic oxidation sites excluding steroid dienone is 3. The summed E-state index contributed by atoms with van der Waals surface area (Å²) in [5, 5.41) is 30.7. The maximum Gasteiger partial charge on any atom is 0.327 e. The number of carboxylic acid groups (broad SMARTS) is 2. The summed E-state index contributed by atoms with van der Waals surface area (Å²) in [5.41, 5.74) is 13.4. The predicted octanol–water partition coefficient (Wildman–Crippen LogP) is 2.62. The molecule has 1 amide bonds. The molecule has 0 radical (unpaired) electrons. The molecule has 3 rings (SSSR count). The van der Waals surface area contributed by atoms with Crippen molar-refractivity contribution in [3.8, 4) is 17.2 Å². The number of hydrogen-bond acceptors (Lipinski definition) is 8. The van der Waals surface area contributed by atoms with Gasteiger partial charge in [-0.25, -0.2) is 4.79 Å². The van der Waals surface area contributed by atoms with Crippen LogP contribution in [0.25, 0.3) is 11.1 Å². The Balaban J connectivity index is 1.66. The van der Waals surface area contributed by atoms with Crippen LogP contribution in [0.15, 0.2) is 72.8 Å². The van der Waals surface area contributed by atoms with Gasteiger partial charge in [-0.1, -0.05) is 66.8 Å². The van der Waals surface area contributed by atoms with Gasteiger partial charge >= 0.3 is 11.9 Å². The zero-order chi connectivity index (χ0) is 30.0. The van der Waals surface area contributed by atoms with Crippen molar-refractivity contribution in [2.75, 3.05) is 5.75 Å². The number of nitrogens with zero attached hydrogens (tertiary/aromatic N) is 1. The monoisotopic (exact) mass is 576 g/mol. The van der Waals surface area contributed by atoms with E-state index in [2.05, 4.69) is 11.4 Å². The summed E-state index contributed by atoms with van der Waals surface area (Å²) in [6.45, 7) is 0. The first-order valence-electron chi connectivity index (χ1n) is 12.9. The number of carboxylic acids is 2. The second kappa shape index (κ2) is 14.4. The molecule has 0 saturated heterocycles. The second-order valence-corrected chi connectivity index (χ2v) is 10.7. The van der Waals surface area contributed by atoms with Gasteiger partial charge in [-0.2, -0.15) is 17.0 Å². The highest BCUT2D eigenvalue weighted by atomic mass is 32.2. The molecule has 0 saturated carbocycles. The molecular weight excluding hydrogens is 544 g/mol. The maximum absolute atomic E-state index is 13.6. The largest absolute Gasteiger partial charge is 0.480 e. The molecule has 1 unspecified atom stereocenters. The fraction of sp³-hybridized carbons (Fsp3) is 0.300. The Bertz CT molecular complexity index is 1380. The molecule has 1 aliphatic carbocycles. The van der Waals surface area contributed by atoms with Crippen LogP contribution >= 0.6 is 11.8 Å². The van der Waals surface area contributed by atoms with Gasteiger partial charge in [0.2, 0.25) is 5.91 Å². The molecule has 41 heavy (non-hydrogen) atoms. The van der Waals surface area contributed by atoms with Gasteiger partial charge in [0.15, 0.2) is 5.78 Å². The van der Waals surface area contributed by atoms with Gasteiger partial charge in [-0.15, -0.1) is 0 Å². The van der Waals surface area contributed by atoms with Crippen LogP contribution in [0.4, 0.5) is 0 Å². The van der Waals surface area contributed by atoms with E-state index >= 15 is 0 Å². The molecule has 214 valence electrons. The van der Waals surface area contributed by atoms with E-state index in [0.717, 1.165) is 16.7 Å². The minimum absolute atomic E-state index is 0.0260. The van der Waals surface area contributed by atoms with Crippen molar-refractivity contribution in [1.29, 1.82) is 5.26 Å². The average Bonchev–Trinajstić information content (AvgIpc) is 2.98. The summed E-state index contributed by atoms with van der Waals surface area (Å²) in [6, 6.07) is 13.3. The number of nitriles is 1. The molecule has 0 heterocycles. The van der Waals surface area contributed by atoms with Gasteiger partial charge in [-0.05, 0) is 35.6 Å². The topological polar surface area (TPSA) is 197 Å². The number of hydrogen-bond donors (Lipinski definition) is 5. The SMILES string of the molecule is N#Cc1ccccc1-c1ccc(CSC[C@H](N)C(=O)C2([C@@H](NC(=O)CC[C@H](N)C(=O)O)C(=O)O)C=CC=CC2)cc1. The quantitative estimate of drug-likeness (QED) is 0.223. The molecule has 2 aromatic rings. The van der Waals surface area contributed by atoms with Crippen molar-refractivity contribution in [2.45, 2.75) is 43.1 Å². The van der Waals surface area contributed by atoms with Gasteiger partial charge in [0.05, 0.1) is 23.1 Å². The summed E-state index contributed by atoms with van der Waals surface area (Å²) in [4.78, 5) is 49.4. The molecule has 10 nitrogen and oxygen atoms in total. The third-order valence-electron chi connectivity index (χ3n) is 6.84. The van der Waals surface area contributed by atoms with E-state index in [9.17, 15) is 29.5 Å². The lowest BCUT2D eigenvalue weighted by Crippen LogP contribution is -2.59. The van der Waals surface area contributed by atoms with Crippen LogP contribution in [0.2, 0.25) is 0 Å². The Morgan fingerprint density at radius 3 is 2.32 bits per heavy atom. The molecule has 0 spiro atoms. The van der Waals surface area contributed by atoms with Crippen LogP contribution in [0.5, 0.6) is 0 Å². The highest BCUT2D eigenvalue weighted by Crippen LogP contribution is 2.35. The van der Waals surface area contributed by atoms with Gasteiger partial charge in [0.25, 0.3) is 0 Å². The minimum Gasteiger partial charge on any atom is -0.480 e. The van der Waals surface area contributed by atoms with Crippen LogP contribution < -0.4 is 16.8 Å². The number of carbonyl (C=O) groups excluding carboxylic acids is 2. The third-order valence-corrected chi connectivity index (χ3v) is 7.97. The van der Waals surface area contributed by atoms with Crippen molar-refractivity contribution < 1.29 is 29.4 Å². The Kier molecular flexibility index (Phi) is 11.0. The fourth-order valence-electron chi connectivity index (χ4n) is 4.57. The molecule has 0 fully saturated rings. The number of rotatable bonds is 14. The zero-order valence-corrected chi connectivity index (χ0v) is 23.0. The Labute approximate surface area is 242 Å². The number of ketones is 1. The molecule has 0 bridgehead atoms. The van der Waals surface area contributed by atoms with Crippen LogP contribution in [-0.4, -0.2) is 57.7 Å². The fourth-order valence-corrected chi connectivity index (χ4v) is 5.52. The molecule has 1 aliphatic rings. The normalized spacial score (nSPS) is 18.1. The zero-order valence-electron chi connectivity index (χ0n) is 22.2. The lowest BCUT2D eigenvalue weighted by Gasteiger charge is -2.37. The van der Waals surface area contributed by atoms with Crippen molar-refractivity contribution in [3.05, 3.63) is 84.0 Å².